The Bertz CT molecular complexity index is 386. The van der Waals surface area contributed by atoms with Crippen LogP contribution in [0.4, 0.5) is 5.69 Å². The van der Waals surface area contributed by atoms with Crippen molar-refractivity contribution in [3.8, 4) is 5.75 Å². The van der Waals surface area contributed by atoms with Crippen molar-refractivity contribution in [2.45, 2.75) is 20.0 Å². The monoisotopic (exact) mass is 223 g/mol. The maximum absolute atomic E-state index is 11.6. The van der Waals surface area contributed by atoms with Crippen molar-refractivity contribution in [1.82, 2.24) is 0 Å². The fourth-order valence-electron chi connectivity index (χ4n) is 1.25. The first-order valence-corrected chi connectivity index (χ1v) is 5.13. The number of phenolic OH excluding ortho intramolecular Hbond substituents is 1. The van der Waals surface area contributed by atoms with Gasteiger partial charge in [-0.25, -0.2) is 4.79 Å². The van der Waals surface area contributed by atoms with Crippen LogP contribution in [0.15, 0.2) is 18.2 Å². The maximum Gasteiger partial charge on any atom is 0.342 e. The third kappa shape index (κ3) is 2.89. The van der Waals surface area contributed by atoms with E-state index in [2.05, 4.69) is 0 Å². The maximum atomic E-state index is 11.6. The molecule has 1 N–H and O–H groups in total. The summed E-state index contributed by atoms with van der Waals surface area (Å²) < 4.78 is 5.00. The van der Waals surface area contributed by atoms with E-state index >= 15 is 0 Å². The van der Waals surface area contributed by atoms with E-state index in [-0.39, 0.29) is 17.4 Å². The van der Waals surface area contributed by atoms with E-state index in [0.29, 0.717) is 0 Å². The van der Waals surface area contributed by atoms with E-state index in [1.807, 2.05) is 19.0 Å². The summed E-state index contributed by atoms with van der Waals surface area (Å²) in [5, 5.41) is 9.70. The van der Waals surface area contributed by atoms with Gasteiger partial charge in [-0.3, -0.25) is 0 Å². The summed E-state index contributed by atoms with van der Waals surface area (Å²) in [7, 11) is 3.72. The fraction of sp³-hybridized carbons (Fsp3) is 0.417. The second kappa shape index (κ2) is 4.88. The Morgan fingerprint density at radius 2 is 2.00 bits per heavy atom. The molecule has 1 rings (SSSR count). The van der Waals surface area contributed by atoms with Gasteiger partial charge in [-0.05, 0) is 26.0 Å². The summed E-state index contributed by atoms with van der Waals surface area (Å²) in [5.74, 6) is -0.561. The summed E-state index contributed by atoms with van der Waals surface area (Å²) in [6.07, 6.45) is -0.194. The lowest BCUT2D eigenvalue weighted by Gasteiger charge is -2.14. The molecule has 1 aromatic carbocycles. The number of rotatable bonds is 3. The number of ether oxygens (including phenoxy) is 1. The number of phenols is 1. The van der Waals surface area contributed by atoms with Crippen LogP contribution in [-0.4, -0.2) is 31.3 Å². The molecule has 0 saturated carbocycles. The third-order valence-corrected chi connectivity index (χ3v) is 2.06. The van der Waals surface area contributed by atoms with Crippen LogP contribution in [-0.2, 0) is 4.74 Å². The van der Waals surface area contributed by atoms with Gasteiger partial charge in [-0.2, -0.15) is 0 Å². The van der Waals surface area contributed by atoms with Gasteiger partial charge in [-0.15, -0.1) is 0 Å². The number of benzene rings is 1. The summed E-state index contributed by atoms with van der Waals surface area (Å²) in [4.78, 5) is 13.4. The van der Waals surface area contributed by atoms with Crippen LogP contribution in [0.25, 0.3) is 0 Å². The van der Waals surface area contributed by atoms with Gasteiger partial charge in [0.1, 0.15) is 11.3 Å². The Hall–Kier alpha value is -1.71. The largest absolute Gasteiger partial charge is 0.507 e. The van der Waals surface area contributed by atoms with E-state index in [9.17, 15) is 9.90 Å². The first-order chi connectivity index (χ1) is 7.41. The quantitative estimate of drug-likeness (QED) is 0.796. The highest BCUT2D eigenvalue weighted by Gasteiger charge is 2.14. The van der Waals surface area contributed by atoms with Crippen LogP contribution in [0, 0.1) is 0 Å². The van der Waals surface area contributed by atoms with Crippen LogP contribution in [0.5, 0.6) is 5.75 Å². The molecule has 4 nitrogen and oxygen atoms in total. The Morgan fingerprint density at radius 1 is 1.38 bits per heavy atom. The number of esters is 1. The molecule has 0 aliphatic carbocycles. The van der Waals surface area contributed by atoms with Crippen LogP contribution in [0.1, 0.15) is 24.2 Å². The van der Waals surface area contributed by atoms with E-state index in [1.165, 1.54) is 6.07 Å². The molecule has 0 radical (unpaired) electrons. The third-order valence-electron chi connectivity index (χ3n) is 2.06. The lowest BCUT2D eigenvalue weighted by atomic mass is 10.1. The molecule has 0 atom stereocenters. The van der Waals surface area contributed by atoms with Crippen molar-refractivity contribution >= 4 is 11.7 Å². The molecule has 0 aromatic heterocycles. The molecule has 88 valence electrons. The smallest absolute Gasteiger partial charge is 0.342 e. The summed E-state index contributed by atoms with van der Waals surface area (Å²) in [6, 6.07) is 4.86. The Balaban J connectivity index is 2.95. The normalized spacial score (nSPS) is 10.3. The number of aromatic hydroxyl groups is 1. The number of hydrogen-bond acceptors (Lipinski definition) is 4. The molecule has 0 aliphatic heterocycles. The second-order valence-electron chi connectivity index (χ2n) is 4.05. The average molecular weight is 223 g/mol. The number of nitrogens with zero attached hydrogens (tertiary/aromatic N) is 1. The predicted octanol–water partition coefficient (Wildman–Crippen LogP) is 2.02. The Labute approximate surface area is 95.5 Å². The van der Waals surface area contributed by atoms with Gasteiger partial charge >= 0.3 is 5.97 Å². The molecular formula is C12H17NO3. The molecule has 0 aliphatic rings. The number of hydrogen-bond donors (Lipinski definition) is 1. The number of carbonyl (C=O) groups is 1. The lowest BCUT2D eigenvalue weighted by Crippen LogP contribution is -2.13. The highest BCUT2D eigenvalue weighted by molar-refractivity contribution is 5.93. The minimum absolute atomic E-state index is 0.0585. The van der Waals surface area contributed by atoms with Gasteiger partial charge < -0.3 is 14.7 Å². The molecule has 0 bridgehead atoms. The molecular weight excluding hydrogens is 206 g/mol. The topological polar surface area (TPSA) is 49.8 Å². The lowest BCUT2D eigenvalue weighted by molar-refractivity contribution is 0.0375. The molecule has 0 fully saturated rings. The van der Waals surface area contributed by atoms with Crippen LogP contribution >= 0.6 is 0 Å². The first kappa shape index (κ1) is 12.4. The zero-order chi connectivity index (χ0) is 12.3. The fourth-order valence-corrected chi connectivity index (χ4v) is 1.25. The highest BCUT2D eigenvalue weighted by atomic mass is 16.5. The SMILES string of the molecule is CC(C)OC(=O)c1ccc(N(C)C)cc1O. The van der Waals surface area contributed by atoms with E-state index in [1.54, 1.807) is 26.0 Å². The Kier molecular flexibility index (Phi) is 3.77. The second-order valence-corrected chi connectivity index (χ2v) is 4.05. The summed E-state index contributed by atoms with van der Waals surface area (Å²) in [6.45, 7) is 3.53. The van der Waals surface area contributed by atoms with Crippen LogP contribution in [0.2, 0.25) is 0 Å². The van der Waals surface area contributed by atoms with Gasteiger partial charge in [0.15, 0.2) is 0 Å². The van der Waals surface area contributed by atoms with Crippen molar-refractivity contribution in [3.63, 3.8) is 0 Å². The molecule has 0 spiro atoms. The molecule has 0 heterocycles. The standard InChI is InChI=1S/C12H17NO3/c1-8(2)16-12(15)10-6-5-9(13(3)4)7-11(10)14/h5-8,14H,1-4H3. The van der Waals surface area contributed by atoms with Crippen molar-refractivity contribution < 1.29 is 14.6 Å². The molecule has 0 amide bonds. The van der Waals surface area contributed by atoms with Crippen molar-refractivity contribution in [3.05, 3.63) is 23.8 Å². The predicted molar refractivity (Wildman–Crippen MR) is 63.0 cm³/mol. The van der Waals surface area contributed by atoms with Crippen LogP contribution < -0.4 is 4.90 Å². The minimum Gasteiger partial charge on any atom is -0.507 e. The van der Waals surface area contributed by atoms with Crippen molar-refractivity contribution in [1.29, 1.82) is 0 Å². The molecule has 0 unspecified atom stereocenters. The molecule has 0 saturated heterocycles. The van der Waals surface area contributed by atoms with Gasteiger partial charge in [0.2, 0.25) is 0 Å². The highest BCUT2D eigenvalue weighted by Crippen LogP contribution is 2.24. The van der Waals surface area contributed by atoms with Crippen molar-refractivity contribution in [2.24, 2.45) is 0 Å². The first-order valence-electron chi connectivity index (χ1n) is 5.13. The van der Waals surface area contributed by atoms with Crippen LogP contribution in [0.3, 0.4) is 0 Å². The Morgan fingerprint density at radius 3 is 2.44 bits per heavy atom. The zero-order valence-corrected chi connectivity index (χ0v) is 10.0. The molecule has 1 aromatic rings. The average Bonchev–Trinajstić information content (AvgIpc) is 2.15. The molecule has 16 heavy (non-hydrogen) atoms. The van der Waals surface area contributed by atoms with Gasteiger partial charge in [0.25, 0.3) is 0 Å². The minimum atomic E-state index is -0.502. The summed E-state index contributed by atoms with van der Waals surface area (Å²) in [5.41, 5.74) is 1.03. The van der Waals surface area contributed by atoms with Gasteiger partial charge in [0, 0.05) is 25.8 Å². The summed E-state index contributed by atoms with van der Waals surface area (Å²) >= 11 is 0. The van der Waals surface area contributed by atoms with E-state index in [0.717, 1.165) is 5.69 Å². The van der Waals surface area contributed by atoms with Crippen molar-refractivity contribution in [2.75, 3.05) is 19.0 Å². The molecule has 4 heteroatoms. The zero-order valence-electron chi connectivity index (χ0n) is 10.0. The van der Waals surface area contributed by atoms with E-state index in [4.69, 9.17) is 4.74 Å². The number of anilines is 1. The number of carbonyl (C=O) groups excluding carboxylic acids is 1. The van der Waals surface area contributed by atoms with Gasteiger partial charge in [0.05, 0.1) is 6.10 Å². The van der Waals surface area contributed by atoms with Gasteiger partial charge in [-0.1, -0.05) is 0 Å². The van der Waals surface area contributed by atoms with E-state index < -0.39 is 5.97 Å².